The van der Waals surface area contributed by atoms with Crippen molar-refractivity contribution in [3.05, 3.63) is 35.4 Å². The van der Waals surface area contributed by atoms with E-state index < -0.39 is 18.8 Å². The average molecular weight is 271 g/mol. The van der Waals surface area contributed by atoms with E-state index in [0.717, 1.165) is 5.56 Å². The van der Waals surface area contributed by atoms with Crippen LogP contribution in [0.25, 0.3) is 0 Å². The molecule has 1 radical (unpaired) electrons. The molecule has 2 nitrogen and oxygen atoms in total. The smallest absolute Gasteiger partial charge is 0.107 e. The van der Waals surface area contributed by atoms with Gasteiger partial charge < -0.3 is 10.8 Å². The van der Waals surface area contributed by atoms with E-state index in [1.54, 1.807) is 18.2 Å². The number of aliphatic hydroxyl groups is 1. The van der Waals surface area contributed by atoms with E-state index in [1.807, 2.05) is 6.92 Å². The SMILES string of the molecule is Cc1[c-]ccc([C@@H](O)[C@H](N)CF)c1.[Y]. The molecule has 0 saturated carbocycles. The van der Waals surface area contributed by atoms with E-state index in [1.165, 1.54) is 0 Å². The topological polar surface area (TPSA) is 46.2 Å². The van der Waals surface area contributed by atoms with Crippen molar-refractivity contribution in [3.63, 3.8) is 0 Å². The van der Waals surface area contributed by atoms with Crippen molar-refractivity contribution < 1.29 is 42.2 Å². The van der Waals surface area contributed by atoms with Crippen molar-refractivity contribution >= 4 is 0 Å². The Balaban J connectivity index is 0.00000169. The maximum atomic E-state index is 12.1. The zero-order valence-electron chi connectivity index (χ0n) is 8.07. The molecule has 0 aliphatic carbocycles. The quantitative estimate of drug-likeness (QED) is 0.809. The van der Waals surface area contributed by atoms with Gasteiger partial charge in [0.2, 0.25) is 0 Å². The van der Waals surface area contributed by atoms with Crippen LogP contribution in [0, 0.1) is 13.0 Å². The van der Waals surface area contributed by atoms with Gasteiger partial charge in [-0.3, -0.25) is 0 Å². The van der Waals surface area contributed by atoms with Crippen LogP contribution >= 0.6 is 0 Å². The van der Waals surface area contributed by atoms with Crippen molar-refractivity contribution in [2.24, 2.45) is 5.73 Å². The molecule has 0 aromatic heterocycles. The number of aliphatic hydroxyl groups excluding tert-OH is 1. The summed E-state index contributed by atoms with van der Waals surface area (Å²) in [5.41, 5.74) is 6.91. The molecule has 0 fully saturated rings. The summed E-state index contributed by atoms with van der Waals surface area (Å²) in [4.78, 5) is 0. The third-order valence-corrected chi connectivity index (χ3v) is 1.90. The second kappa shape index (κ2) is 6.62. The Kier molecular flexibility index (Phi) is 6.70. The summed E-state index contributed by atoms with van der Waals surface area (Å²) in [7, 11) is 0. The minimum atomic E-state index is -0.932. The molecule has 0 unspecified atom stereocenters. The number of alkyl halides is 1. The minimum absolute atomic E-state index is 0. The number of nitrogens with two attached hydrogens (primary N) is 1. The first kappa shape index (κ1) is 14.2. The molecule has 0 amide bonds. The summed E-state index contributed by atoms with van der Waals surface area (Å²) in [6.07, 6.45) is -0.932. The Morgan fingerprint density at radius 3 is 2.79 bits per heavy atom. The molecule has 0 heterocycles. The molecule has 14 heavy (non-hydrogen) atoms. The molecular weight excluding hydrogens is 258 g/mol. The summed E-state index contributed by atoms with van der Waals surface area (Å²) in [5, 5.41) is 9.53. The van der Waals surface area contributed by atoms with Crippen molar-refractivity contribution in [3.8, 4) is 0 Å². The molecule has 1 aromatic carbocycles. The van der Waals surface area contributed by atoms with Gasteiger partial charge in [-0.25, -0.2) is 4.39 Å². The molecular formula is C10H13FNOY-. The van der Waals surface area contributed by atoms with Crippen LogP contribution in [0.1, 0.15) is 17.2 Å². The zero-order chi connectivity index (χ0) is 9.84. The molecule has 0 saturated heterocycles. The van der Waals surface area contributed by atoms with Crippen molar-refractivity contribution in [1.82, 2.24) is 0 Å². The molecule has 0 spiro atoms. The summed E-state index contributed by atoms with van der Waals surface area (Å²) in [5.74, 6) is 0. The standard InChI is InChI=1S/C10H13FNO.Y/c1-7-3-2-4-8(5-7)10(13)9(12)6-11;/h2,4-5,9-10,13H,6,12H2,1H3;/q-1;/t9-,10-;/m1./s1. The van der Waals surface area contributed by atoms with E-state index >= 15 is 0 Å². The molecule has 0 aliphatic heterocycles. The van der Waals surface area contributed by atoms with E-state index in [2.05, 4.69) is 6.07 Å². The monoisotopic (exact) mass is 271 g/mol. The Bertz CT molecular complexity index is 283. The number of rotatable bonds is 3. The van der Waals surface area contributed by atoms with Gasteiger partial charge in [-0.2, -0.15) is 29.8 Å². The first-order valence-electron chi connectivity index (χ1n) is 4.13. The number of benzene rings is 1. The van der Waals surface area contributed by atoms with E-state index in [4.69, 9.17) is 5.73 Å². The van der Waals surface area contributed by atoms with Gasteiger partial charge in [0.25, 0.3) is 0 Å². The minimum Gasteiger partial charge on any atom is -0.389 e. The summed E-state index contributed by atoms with van der Waals surface area (Å²) >= 11 is 0. The molecule has 75 valence electrons. The predicted octanol–water partition coefficient (Wildman–Crippen LogP) is 1.12. The summed E-state index contributed by atoms with van der Waals surface area (Å²) in [6, 6.07) is 7.22. The molecule has 1 rings (SSSR count). The first-order chi connectivity index (χ1) is 6.15. The largest absolute Gasteiger partial charge is 0.389 e. The molecule has 3 N–H and O–H groups in total. The van der Waals surface area contributed by atoms with Crippen molar-refractivity contribution in [2.45, 2.75) is 19.1 Å². The van der Waals surface area contributed by atoms with Gasteiger partial charge in [-0.05, 0) is 0 Å². The Labute approximate surface area is 109 Å². The number of aryl methyl sites for hydroxylation is 1. The van der Waals surface area contributed by atoms with Crippen molar-refractivity contribution in [1.29, 1.82) is 0 Å². The number of hydrogen-bond acceptors (Lipinski definition) is 2. The zero-order valence-corrected chi connectivity index (χ0v) is 10.9. The van der Waals surface area contributed by atoms with Gasteiger partial charge in [0.1, 0.15) is 6.67 Å². The maximum absolute atomic E-state index is 12.1. The van der Waals surface area contributed by atoms with Crippen LogP contribution in [-0.4, -0.2) is 17.8 Å². The molecule has 4 heteroatoms. The predicted molar refractivity (Wildman–Crippen MR) is 48.9 cm³/mol. The third-order valence-electron chi connectivity index (χ3n) is 1.90. The van der Waals surface area contributed by atoms with Gasteiger partial charge in [0, 0.05) is 32.7 Å². The summed E-state index contributed by atoms with van der Waals surface area (Å²) < 4.78 is 12.1. The molecule has 0 bridgehead atoms. The normalized spacial score (nSPS) is 14.3. The van der Waals surface area contributed by atoms with Crippen LogP contribution in [0.15, 0.2) is 18.2 Å². The van der Waals surface area contributed by atoms with Gasteiger partial charge in [-0.15, -0.1) is 5.56 Å². The van der Waals surface area contributed by atoms with Crippen molar-refractivity contribution in [2.75, 3.05) is 6.67 Å². The van der Waals surface area contributed by atoms with Gasteiger partial charge in [0.05, 0.1) is 12.1 Å². The van der Waals surface area contributed by atoms with Crippen LogP contribution in [-0.2, 0) is 32.7 Å². The number of halogens is 1. The maximum Gasteiger partial charge on any atom is 0.107 e. The average Bonchev–Trinajstić information content (AvgIpc) is 2.15. The van der Waals surface area contributed by atoms with Crippen LogP contribution in [0.2, 0.25) is 0 Å². The van der Waals surface area contributed by atoms with Crippen LogP contribution < -0.4 is 5.73 Å². The number of hydrogen-bond donors (Lipinski definition) is 2. The third kappa shape index (κ3) is 3.73. The van der Waals surface area contributed by atoms with E-state index in [0.29, 0.717) is 5.56 Å². The molecule has 2 atom stereocenters. The molecule has 0 aliphatic rings. The summed E-state index contributed by atoms with van der Waals surface area (Å²) in [6.45, 7) is 1.13. The fourth-order valence-electron chi connectivity index (χ4n) is 1.12. The van der Waals surface area contributed by atoms with Gasteiger partial charge in [-0.1, -0.05) is 6.92 Å². The Morgan fingerprint density at radius 2 is 2.29 bits per heavy atom. The first-order valence-corrected chi connectivity index (χ1v) is 4.13. The molecule has 1 aromatic rings. The van der Waals surface area contributed by atoms with Crippen LogP contribution in [0.5, 0.6) is 0 Å². The fraction of sp³-hybridized carbons (Fsp3) is 0.400. The van der Waals surface area contributed by atoms with E-state index in [9.17, 15) is 9.50 Å². The van der Waals surface area contributed by atoms with Crippen LogP contribution in [0.4, 0.5) is 4.39 Å². The Hall–Kier alpha value is 0.174. The van der Waals surface area contributed by atoms with E-state index in [-0.39, 0.29) is 32.7 Å². The Morgan fingerprint density at radius 1 is 1.64 bits per heavy atom. The van der Waals surface area contributed by atoms with Crippen LogP contribution in [0.3, 0.4) is 0 Å². The second-order valence-electron chi connectivity index (χ2n) is 3.07. The second-order valence-corrected chi connectivity index (χ2v) is 3.07. The van der Waals surface area contributed by atoms with Gasteiger partial charge in [0.15, 0.2) is 0 Å². The van der Waals surface area contributed by atoms with Gasteiger partial charge >= 0.3 is 0 Å². The fourth-order valence-corrected chi connectivity index (χ4v) is 1.12.